The van der Waals surface area contributed by atoms with Gasteiger partial charge in [-0.2, -0.15) is 0 Å². The molecule has 0 atom stereocenters. The van der Waals surface area contributed by atoms with Crippen LogP contribution in [0.1, 0.15) is 25.0 Å². The molecule has 0 aromatic heterocycles. The van der Waals surface area contributed by atoms with Crippen LogP contribution >= 0.6 is 0 Å². The highest BCUT2D eigenvalue weighted by molar-refractivity contribution is 5.51. The number of fused-ring (bicyclic) bond motifs is 1. The third-order valence-corrected chi connectivity index (χ3v) is 2.46. The smallest absolute Gasteiger partial charge is 0.187 e. The zero-order chi connectivity index (χ0) is 9.47. The van der Waals surface area contributed by atoms with Gasteiger partial charge in [0, 0.05) is 0 Å². The second-order valence-corrected chi connectivity index (χ2v) is 3.75. The fraction of sp³-hybridized carbons (Fsp3) is 0.364. The van der Waals surface area contributed by atoms with E-state index in [1.807, 2.05) is 18.2 Å². The topological polar surface area (TPSA) is 13.6 Å². The van der Waals surface area contributed by atoms with Gasteiger partial charge in [-0.15, -0.1) is 0 Å². The predicted octanol–water partition coefficient (Wildman–Crippen LogP) is 3.00. The van der Waals surface area contributed by atoms with Crippen LogP contribution in [-0.4, -0.2) is 0 Å². The minimum atomic E-state index is -0.185. The first kappa shape index (κ1) is 8.28. The van der Waals surface area contributed by atoms with E-state index in [9.17, 15) is 0 Å². The van der Waals surface area contributed by atoms with Gasteiger partial charge in [-0.05, 0) is 25.0 Å². The maximum absolute atomic E-state index is 6.89. The van der Waals surface area contributed by atoms with Gasteiger partial charge in [-0.25, -0.2) is 4.85 Å². The lowest BCUT2D eigenvalue weighted by molar-refractivity contribution is -0.00789. The molecule has 66 valence electrons. The van der Waals surface area contributed by atoms with E-state index in [2.05, 4.69) is 18.7 Å². The van der Waals surface area contributed by atoms with Crippen molar-refractivity contribution in [1.82, 2.24) is 0 Å². The Morgan fingerprint density at radius 1 is 1.46 bits per heavy atom. The molecule has 1 aliphatic rings. The van der Waals surface area contributed by atoms with Crippen molar-refractivity contribution >= 4 is 5.69 Å². The maximum Gasteiger partial charge on any atom is 0.187 e. The summed E-state index contributed by atoms with van der Waals surface area (Å²) in [5.74, 6) is 0. The second-order valence-electron chi connectivity index (χ2n) is 3.75. The van der Waals surface area contributed by atoms with E-state index < -0.39 is 0 Å². The number of hydrogen-bond acceptors (Lipinski definition) is 1. The lowest BCUT2D eigenvalue weighted by Gasteiger charge is -2.17. The number of hydrogen-bond donors (Lipinski definition) is 0. The predicted molar refractivity (Wildman–Crippen MR) is 50.5 cm³/mol. The van der Waals surface area contributed by atoms with Crippen LogP contribution in [0.3, 0.4) is 0 Å². The van der Waals surface area contributed by atoms with Crippen LogP contribution < -0.4 is 0 Å². The van der Waals surface area contributed by atoms with Crippen LogP contribution in [0.4, 0.5) is 5.69 Å². The van der Waals surface area contributed by atoms with E-state index in [4.69, 9.17) is 11.3 Å². The molecule has 1 aliphatic heterocycles. The van der Waals surface area contributed by atoms with Gasteiger partial charge in [0.15, 0.2) is 5.69 Å². The van der Waals surface area contributed by atoms with Crippen molar-refractivity contribution in [3.63, 3.8) is 0 Å². The Morgan fingerprint density at radius 2 is 2.23 bits per heavy atom. The minimum Gasteiger partial charge on any atom is -0.366 e. The van der Waals surface area contributed by atoms with Crippen molar-refractivity contribution in [2.45, 2.75) is 26.1 Å². The largest absolute Gasteiger partial charge is 0.366 e. The highest BCUT2D eigenvalue weighted by Crippen LogP contribution is 2.37. The Kier molecular flexibility index (Phi) is 1.64. The SMILES string of the molecule is [C-]#[N+]c1ccc2c(c1)COC2(C)C. The van der Waals surface area contributed by atoms with Gasteiger partial charge in [0.25, 0.3) is 0 Å². The Hall–Kier alpha value is -1.33. The number of benzene rings is 1. The van der Waals surface area contributed by atoms with Crippen molar-refractivity contribution in [3.8, 4) is 0 Å². The molecule has 2 rings (SSSR count). The Morgan fingerprint density at radius 3 is 2.92 bits per heavy atom. The molecule has 0 radical (unpaired) electrons. The van der Waals surface area contributed by atoms with Crippen LogP contribution in [0.15, 0.2) is 18.2 Å². The summed E-state index contributed by atoms with van der Waals surface area (Å²) in [6.45, 7) is 11.6. The molecule has 0 amide bonds. The molecule has 0 fully saturated rings. The molecule has 0 bridgehead atoms. The van der Waals surface area contributed by atoms with E-state index >= 15 is 0 Å². The van der Waals surface area contributed by atoms with E-state index in [0.29, 0.717) is 12.3 Å². The van der Waals surface area contributed by atoms with Gasteiger partial charge < -0.3 is 4.74 Å². The first-order chi connectivity index (χ1) is 6.13. The van der Waals surface area contributed by atoms with Crippen LogP contribution in [0.5, 0.6) is 0 Å². The molecule has 0 N–H and O–H groups in total. The first-order valence-electron chi connectivity index (χ1n) is 4.28. The molecule has 2 nitrogen and oxygen atoms in total. The van der Waals surface area contributed by atoms with E-state index in [-0.39, 0.29) is 5.60 Å². The lowest BCUT2D eigenvalue weighted by atomic mass is 9.96. The lowest BCUT2D eigenvalue weighted by Crippen LogP contribution is -2.14. The standard InChI is InChI=1S/C11H11NO/c1-11(2)10-5-4-9(12-3)6-8(10)7-13-11/h4-6H,7H2,1-2H3. The van der Waals surface area contributed by atoms with Crippen LogP contribution in [0.25, 0.3) is 4.85 Å². The van der Waals surface area contributed by atoms with Gasteiger partial charge >= 0.3 is 0 Å². The average Bonchev–Trinajstić information content (AvgIpc) is 2.42. The maximum atomic E-state index is 6.89. The third-order valence-electron chi connectivity index (χ3n) is 2.46. The summed E-state index contributed by atoms with van der Waals surface area (Å²) in [5, 5.41) is 0. The molecule has 1 heterocycles. The van der Waals surface area contributed by atoms with Crippen molar-refractivity contribution in [1.29, 1.82) is 0 Å². The second kappa shape index (κ2) is 2.58. The monoisotopic (exact) mass is 173 g/mol. The van der Waals surface area contributed by atoms with Crippen LogP contribution in [0, 0.1) is 6.57 Å². The van der Waals surface area contributed by atoms with Gasteiger partial charge in [0.1, 0.15) is 0 Å². The summed E-state index contributed by atoms with van der Waals surface area (Å²) in [6.07, 6.45) is 0. The first-order valence-corrected chi connectivity index (χ1v) is 4.28. The molecule has 13 heavy (non-hydrogen) atoms. The molecule has 0 spiro atoms. The van der Waals surface area contributed by atoms with E-state index in [1.165, 1.54) is 5.56 Å². The number of nitrogens with zero attached hydrogens (tertiary/aromatic N) is 1. The molecular weight excluding hydrogens is 162 g/mol. The summed E-state index contributed by atoms with van der Waals surface area (Å²) in [6, 6.07) is 5.76. The van der Waals surface area contributed by atoms with Gasteiger partial charge in [0.05, 0.1) is 18.8 Å². The Labute approximate surface area is 78.0 Å². The van der Waals surface area contributed by atoms with E-state index in [1.54, 1.807) is 0 Å². The molecule has 1 aromatic rings. The summed E-state index contributed by atoms with van der Waals surface area (Å²) in [5.41, 5.74) is 2.87. The summed E-state index contributed by atoms with van der Waals surface area (Å²) in [7, 11) is 0. The summed E-state index contributed by atoms with van der Waals surface area (Å²) >= 11 is 0. The normalized spacial score (nSPS) is 17.9. The Balaban J connectivity index is 2.54. The zero-order valence-corrected chi connectivity index (χ0v) is 7.79. The summed E-state index contributed by atoms with van der Waals surface area (Å²) < 4.78 is 5.61. The highest BCUT2D eigenvalue weighted by atomic mass is 16.5. The van der Waals surface area contributed by atoms with Gasteiger partial charge in [-0.3, -0.25) is 0 Å². The van der Waals surface area contributed by atoms with E-state index in [0.717, 1.165) is 5.56 Å². The molecular formula is C11H11NO. The number of ether oxygens (including phenoxy) is 1. The van der Waals surface area contributed by atoms with Crippen molar-refractivity contribution in [2.75, 3.05) is 0 Å². The highest BCUT2D eigenvalue weighted by Gasteiger charge is 2.30. The molecule has 0 aliphatic carbocycles. The Bertz CT molecular complexity index is 388. The molecule has 0 saturated carbocycles. The average molecular weight is 173 g/mol. The van der Waals surface area contributed by atoms with Crippen molar-refractivity contribution < 1.29 is 4.74 Å². The molecule has 1 aromatic carbocycles. The fourth-order valence-corrected chi connectivity index (χ4v) is 1.69. The molecule has 2 heteroatoms. The fourth-order valence-electron chi connectivity index (χ4n) is 1.69. The molecule has 0 saturated heterocycles. The van der Waals surface area contributed by atoms with Gasteiger partial charge in [-0.1, -0.05) is 18.2 Å². The van der Waals surface area contributed by atoms with Gasteiger partial charge in [0.2, 0.25) is 0 Å². The molecule has 0 unspecified atom stereocenters. The quantitative estimate of drug-likeness (QED) is 0.550. The minimum absolute atomic E-state index is 0.185. The number of rotatable bonds is 0. The zero-order valence-electron chi connectivity index (χ0n) is 7.79. The van der Waals surface area contributed by atoms with Crippen molar-refractivity contribution in [2.24, 2.45) is 0 Å². The van der Waals surface area contributed by atoms with Crippen LogP contribution in [0.2, 0.25) is 0 Å². The third kappa shape index (κ3) is 1.22. The van der Waals surface area contributed by atoms with Crippen molar-refractivity contribution in [3.05, 3.63) is 40.7 Å². The van der Waals surface area contributed by atoms with Crippen LogP contribution in [-0.2, 0) is 16.9 Å². The summed E-state index contributed by atoms with van der Waals surface area (Å²) in [4.78, 5) is 3.39.